The second-order valence-corrected chi connectivity index (χ2v) is 7.87. The maximum Gasteiger partial charge on any atom is 0.239 e. The lowest BCUT2D eigenvalue weighted by Gasteiger charge is -2.38. The number of nitrogens with zero attached hydrogens (tertiary/aromatic N) is 1. The van der Waals surface area contributed by atoms with Crippen LogP contribution in [0.3, 0.4) is 0 Å². The van der Waals surface area contributed by atoms with E-state index in [2.05, 4.69) is 17.4 Å². The summed E-state index contributed by atoms with van der Waals surface area (Å²) in [4.78, 5) is 25.6. The molecule has 1 saturated heterocycles. The Morgan fingerprint density at radius 2 is 1.96 bits per heavy atom. The summed E-state index contributed by atoms with van der Waals surface area (Å²) in [5, 5.41) is 3.09. The van der Waals surface area contributed by atoms with Gasteiger partial charge in [-0.3, -0.25) is 9.59 Å². The van der Waals surface area contributed by atoms with Crippen molar-refractivity contribution in [3.63, 3.8) is 0 Å². The fraction of sp³-hybridized carbons (Fsp3) is 0.579. The third-order valence-electron chi connectivity index (χ3n) is 5.30. The molecule has 1 aromatic rings. The summed E-state index contributed by atoms with van der Waals surface area (Å²) in [5.41, 5.74) is 1.25. The van der Waals surface area contributed by atoms with Gasteiger partial charge in [0.15, 0.2) is 0 Å². The van der Waals surface area contributed by atoms with Crippen LogP contribution in [0.5, 0.6) is 5.75 Å². The summed E-state index contributed by atoms with van der Waals surface area (Å²) in [6, 6.07) is 8.23. The lowest BCUT2D eigenvalue weighted by molar-refractivity contribution is -0.132. The predicted octanol–water partition coefficient (Wildman–Crippen LogP) is 2.55. The maximum absolute atomic E-state index is 12.3. The molecule has 1 aromatic carbocycles. The van der Waals surface area contributed by atoms with Crippen molar-refractivity contribution in [1.82, 2.24) is 10.2 Å². The summed E-state index contributed by atoms with van der Waals surface area (Å²) in [7, 11) is 1.67. The van der Waals surface area contributed by atoms with E-state index < -0.39 is 0 Å². The van der Waals surface area contributed by atoms with E-state index in [0.717, 1.165) is 18.6 Å². The Morgan fingerprint density at radius 1 is 1.24 bits per heavy atom. The molecule has 6 heteroatoms. The summed E-state index contributed by atoms with van der Waals surface area (Å²) < 4.78 is 5.26. The molecule has 25 heavy (non-hydrogen) atoms. The van der Waals surface area contributed by atoms with Crippen molar-refractivity contribution in [3.05, 3.63) is 29.8 Å². The average Bonchev–Trinajstić information content (AvgIpc) is 3.05. The molecule has 2 fully saturated rings. The first-order chi connectivity index (χ1) is 12.1. The number of thioether (sulfide) groups is 1. The minimum Gasteiger partial charge on any atom is -0.497 e. The van der Waals surface area contributed by atoms with E-state index in [1.54, 1.807) is 23.8 Å². The SMILES string of the molecule is COc1ccc(C2(CNC(=O)CN3CSCC3=O)CCCCC2)cc1. The van der Waals surface area contributed by atoms with Crippen LogP contribution in [-0.4, -0.2) is 48.5 Å². The predicted molar refractivity (Wildman–Crippen MR) is 99.8 cm³/mol. The van der Waals surface area contributed by atoms with Crippen LogP contribution in [0.25, 0.3) is 0 Å². The molecule has 1 saturated carbocycles. The van der Waals surface area contributed by atoms with Gasteiger partial charge in [0.25, 0.3) is 0 Å². The van der Waals surface area contributed by atoms with Crippen LogP contribution in [0.2, 0.25) is 0 Å². The monoisotopic (exact) mass is 362 g/mol. The molecule has 2 amide bonds. The molecule has 0 spiro atoms. The molecule has 0 unspecified atom stereocenters. The number of hydrogen-bond acceptors (Lipinski definition) is 4. The summed E-state index contributed by atoms with van der Waals surface area (Å²) in [6.07, 6.45) is 5.79. The highest BCUT2D eigenvalue weighted by molar-refractivity contribution is 8.00. The summed E-state index contributed by atoms with van der Waals surface area (Å²) in [5.74, 6) is 1.96. The third kappa shape index (κ3) is 4.29. The van der Waals surface area contributed by atoms with Crippen LogP contribution < -0.4 is 10.1 Å². The molecule has 1 N–H and O–H groups in total. The zero-order valence-corrected chi connectivity index (χ0v) is 15.6. The number of benzene rings is 1. The Labute approximate surface area is 153 Å². The molecule has 5 nitrogen and oxygen atoms in total. The van der Waals surface area contributed by atoms with E-state index in [-0.39, 0.29) is 23.8 Å². The van der Waals surface area contributed by atoms with Gasteiger partial charge in [-0.25, -0.2) is 0 Å². The lowest BCUT2D eigenvalue weighted by atomic mass is 9.69. The molecule has 0 aromatic heterocycles. The van der Waals surface area contributed by atoms with Gasteiger partial charge >= 0.3 is 0 Å². The molecule has 1 aliphatic carbocycles. The fourth-order valence-electron chi connectivity index (χ4n) is 3.78. The van der Waals surface area contributed by atoms with Crippen molar-refractivity contribution in [2.24, 2.45) is 0 Å². The minimum atomic E-state index is -0.0608. The topological polar surface area (TPSA) is 58.6 Å². The van der Waals surface area contributed by atoms with E-state index in [4.69, 9.17) is 4.74 Å². The first kappa shape index (κ1) is 18.1. The van der Waals surface area contributed by atoms with Gasteiger partial charge in [-0.1, -0.05) is 31.4 Å². The van der Waals surface area contributed by atoms with Gasteiger partial charge < -0.3 is 15.0 Å². The van der Waals surface area contributed by atoms with E-state index in [1.807, 2.05) is 12.1 Å². The van der Waals surface area contributed by atoms with Crippen molar-refractivity contribution in [3.8, 4) is 5.75 Å². The zero-order valence-electron chi connectivity index (χ0n) is 14.8. The number of amides is 2. The van der Waals surface area contributed by atoms with E-state index in [0.29, 0.717) is 18.2 Å². The number of carbonyl (C=O) groups is 2. The van der Waals surface area contributed by atoms with Crippen LogP contribution >= 0.6 is 11.8 Å². The Hall–Kier alpha value is -1.69. The van der Waals surface area contributed by atoms with Crippen molar-refractivity contribution in [1.29, 1.82) is 0 Å². The highest BCUT2D eigenvalue weighted by atomic mass is 32.2. The maximum atomic E-state index is 12.3. The van der Waals surface area contributed by atoms with Crippen LogP contribution in [0, 0.1) is 0 Å². The quantitative estimate of drug-likeness (QED) is 0.845. The van der Waals surface area contributed by atoms with Gasteiger partial charge in [0.05, 0.1) is 18.7 Å². The van der Waals surface area contributed by atoms with Gasteiger partial charge in [0.2, 0.25) is 11.8 Å². The number of hydrogen-bond donors (Lipinski definition) is 1. The van der Waals surface area contributed by atoms with Gasteiger partial charge in [0, 0.05) is 12.0 Å². The molecule has 1 aliphatic heterocycles. The van der Waals surface area contributed by atoms with Crippen LogP contribution in [0.15, 0.2) is 24.3 Å². The lowest BCUT2D eigenvalue weighted by Crippen LogP contribution is -2.45. The van der Waals surface area contributed by atoms with E-state index >= 15 is 0 Å². The van der Waals surface area contributed by atoms with Gasteiger partial charge in [-0.15, -0.1) is 11.8 Å². The Kier molecular flexibility index (Phi) is 5.89. The molecule has 0 bridgehead atoms. The highest BCUT2D eigenvalue weighted by Gasteiger charge is 2.34. The number of ether oxygens (including phenoxy) is 1. The standard InChI is InChI=1S/C19H26N2O3S/c1-24-16-7-5-15(6-8-16)19(9-3-2-4-10-19)13-20-17(22)11-21-14-25-12-18(21)23/h5-8H,2-4,9-14H2,1H3,(H,20,22). The van der Waals surface area contributed by atoms with Crippen LogP contribution in [0.4, 0.5) is 0 Å². The average molecular weight is 362 g/mol. The van der Waals surface area contributed by atoms with Gasteiger partial charge in [-0.05, 0) is 30.5 Å². The number of rotatable bonds is 6. The number of carbonyl (C=O) groups excluding carboxylic acids is 2. The zero-order chi connectivity index (χ0) is 17.7. The molecule has 0 atom stereocenters. The Morgan fingerprint density at radius 3 is 2.56 bits per heavy atom. The molecular weight excluding hydrogens is 336 g/mol. The molecule has 136 valence electrons. The molecule has 0 radical (unpaired) electrons. The first-order valence-electron chi connectivity index (χ1n) is 8.90. The normalized spacial score (nSPS) is 19.7. The smallest absolute Gasteiger partial charge is 0.239 e. The largest absolute Gasteiger partial charge is 0.497 e. The number of nitrogens with one attached hydrogen (secondary N) is 1. The third-order valence-corrected chi connectivity index (χ3v) is 6.24. The fourth-order valence-corrected chi connectivity index (χ4v) is 4.68. The van der Waals surface area contributed by atoms with Crippen molar-refractivity contribution in [2.45, 2.75) is 37.5 Å². The first-order valence-corrected chi connectivity index (χ1v) is 10.1. The van der Waals surface area contributed by atoms with Gasteiger partial charge in [-0.2, -0.15) is 0 Å². The molecule has 3 rings (SSSR count). The highest BCUT2D eigenvalue weighted by Crippen LogP contribution is 2.39. The second-order valence-electron chi connectivity index (χ2n) is 6.92. The number of methoxy groups -OCH3 is 1. The van der Waals surface area contributed by atoms with Crippen LogP contribution in [0.1, 0.15) is 37.7 Å². The minimum absolute atomic E-state index is 0.00997. The second kappa shape index (κ2) is 8.13. The Balaban J connectivity index is 1.65. The Bertz CT molecular complexity index is 612. The summed E-state index contributed by atoms with van der Waals surface area (Å²) in [6.45, 7) is 0.803. The van der Waals surface area contributed by atoms with Crippen molar-refractivity contribution < 1.29 is 14.3 Å². The molecule has 2 aliphatic rings. The summed E-state index contributed by atoms with van der Waals surface area (Å²) >= 11 is 1.56. The van der Waals surface area contributed by atoms with Crippen molar-refractivity contribution in [2.75, 3.05) is 31.8 Å². The van der Waals surface area contributed by atoms with Crippen molar-refractivity contribution >= 4 is 23.6 Å². The van der Waals surface area contributed by atoms with Crippen LogP contribution in [-0.2, 0) is 15.0 Å². The van der Waals surface area contributed by atoms with E-state index in [9.17, 15) is 9.59 Å². The van der Waals surface area contributed by atoms with E-state index in [1.165, 1.54) is 24.8 Å². The molecule has 1 heterocycles. The molecular formula is C19H26N2O3S. The van der Waals surface area contributed by atoms with Gasteiger partial charge in [0.1, 0.15) is 12.3 Å².